The summed E-state index contributed by atoms with van der Waals surface area (Å²) < 4.78 is 5.65. The highest BCUT2D eigenvalue weighted by Crippen LogP contribution is 2.43. The Morgan fingerprint density at radius 3 is 1.78 bits per heavy atom. The van der Waals surface area contributed by atoms with Gasteiger partial charge in [-0.15, -0.1) is 0 Å². The predicted octanol–water partition coefficient (Wildman–Crippen LogP) is 8.64. The third-order valence-corrected chi connectivity index (χ3v) is 5.86. The lowest BCUT2D eigenvalue weighted by atomic mass is 9.95. The van der Waals surface area contributed by atoms with Gasteiger partial charge in [0.2, 0.25) is 0 Å². The van der Waals surface area contributed by atoms with Gasteiger partial charge in [-0.2, -0.15) is 0 Å². The molecule has 5 rings (SSSR count). The largest absolute Gasteiger partial charge is 0.496 e. The average molecular weight is 436 g/mol. The lowest BCUT2D eigenvalue weighted by Gasteiger charge is -2.27. The van der Waals surface area contributed by atoms with Crippen molar-refractivity contribution in [3.8, 4) is 16.9 Å². The smallest absolute Gasteiger partial charge is 0.128 e. The van der Waals surface area contributed by atoms with Gasteiger partial charge in [-0.3, -0.25) is 0 Å². The van der Waals surface area contributed by atoms with Crippen LogP contribution in [0.15, 0.2) is 115 Å². The van der Waals surface area contributed by atoms with E-state index in [2.05, 4.69) is 89.8 Å². The monoisotopic (exact) mass is 435 g/mol. The van der Waals surface area contributed by atoms with E-state index in [0.717, 1.165) is 44.7 Å². The summed E-state index contributed by atoms with van der Waals surface area (Å²) in [5.74, 6) is 0.762. The van der Waals surface area contributed by atoms with Gasteiger partial charge in [0.15, 0.2) is 0 Å². The van der Waals surface area contributed by atoms with Gasteiger partial charge in [-0.25, -0.2) is 0 Å². The Labute approximate surface area is 193 Å². The number of ether oxygens (including phenoxy) is 1. The summed E-state index contributed by atoms with van der Waals surface area (Å²) in [7, 11) is 1.68. The lowest BCUT2D eigenvalue weighted by molar-refractivity contribution is 0.416. The summed E-state index contributed by atoms with van der Waals surface area (Å²) >= 11 is 6.22. The minimum Gasteiger partial charge on any atom is -0.496 e. The molecule has 0 amide bonds. The number of nitrogens with zero attached hydrogens (tertiary/aromatic N) is 1. The van der Waals surface area contributed by atoms with Crippen LogP contribution in [0.5, 0.6) is 5.75 Å². The first kappa shape index (κ1) is 20.2. The first-order valence-corrected chi connectivity index (χ1v) is 10.9. The molecule has 0 N–H and O–H groups in total. The summed E-state index contributed by atoms with van der Waals surface area (Å²) in [6.07, 6.45) is 0. The molecule has 0 spiro atoms. The van der Waals surface area contributed by atoms with E-state index < -0.39 is 0 Å². The molecular formula is C29H22ClNO. The molecule has 0 atom stereocenters. The summed E-state index contributed by atoms with van der Waals surface area (Å²) in [6, 6.07) is 39.6. The highest BCUT2D eigenvalue weighted by molar-refractivity contribution is 6.30. The van der Waals surface area contributed by atoms with Crippen molar-refractivity contribution in [2.24, 2.45) is 0 Å². The van der Waals surface area contributed by atoms with Gasteiger partial charge in [-0.05, 0) is 59.5 Å². The maximum atomic E-state index is 6.22. The second-order valence-corrected chi connectivity index (χ2v) is 7.97. The second-order valence-electron chi connectivity index (χ2n) is 7.53. The first-order valence-electron chi connectivity index (χ1n) is 10.5. The van der Waals surface area contributed by atoms with Crippen LogP contribution in [-0.2, 0) is 0 Å². The van der Waals surface area contributed by atoms with Crippen LogP contribution in [0.3, 0.4) is 0 Å². The van der Waals surface area contributed by atoms with Crippen molar-refractivity contribution in [1.29, 1.82) is 0 Å². The molecule has 0 radical (unpaired) electrons. The molecule has 0 unspecified atom stereocenters. The van der Waals surface area contributed by atoms with E-state index in [0.29, 0.717) is 5.02 Å². The van der Waals surface area contributed by atoms with Crippen LogP contribution in [-0.4, -0.2) is 7.11 Å². The van der Waals surface area contributed by atoms with Gasteiger partial charge in [0.05, 0.1) is 12.8 Å². The SMILES string of the molecule is COc1cc(Cl)ccc1-c1ccc(N(c2ccccc2)c2ccccc2)c2ccccc12. The third-order valence-electron chi connectivity index (χ3n) is 5.62. The Morgan fingerprint density at radius 1 is 0.594 bits per heavy atom. The zero-order valence-corrected chi connectivity index (χ0v) is 18.5. The lowest BCUT2D eigenvalue weighted by Crippen LogP contribution is -2.10. The van der Waals surface area contributed by atoms with Gasteiger partial charge in [-0.1, -0.05) is 78.3 Å². The number of anilines is 3. The number of halogens is 1. The van der Waals surface area contributed by atoms with Crippen molar-refractivity contribution in [3.63, 3.8) is 0 Å². The second kappa shape index (κ2) is 8.78. The summed E-state index contributed by atoms with van der Waals surface area (Å²) in [4.78, 5) is 2.30. The number of methoxy groups -OCH3 is 1. The first-order chi connectivity index (χ1) is 15.8. The van der Waals surface area contributed by atoms with Gasteiger partial charge in [0.25, 0.3) is 0 Å². The summed E-state index contributed by atoms with van der Waals surface area (Å²) in [5.41, 5.74) is 5.47. The van der Waals surface area contributed by atoms with Crippen LogP contribution in [0, 0.1) is 0 Å². The molecule has 32 heavy (non-hydrogen) atoms. The van der Waals surface area contributed by atoms with E-state index in [1.165, 1.54) is 0 Å². The van der Waals surface area contributed by atoms with Crippen molar-refractivity contribution >= 4 is 39.4 Å². The fourth-order valence-corrected chi connectivity index (χ4v) is 4.34. The molecule has 156 valence electrons. The Morgan fingerprint density at radius 2 is 1.16 bits per heavy atom. The van der Waals surface area contributed by atoms with Crippen molar-refractivity contribution in [2.45, 2.75) is 0 Å². The predicted molar refractivity (Wildman–Crippen MR) is 136 cm³/mol. The highest BCUT2D eigenvalue weighted by atomic mass is 35.5. The molecule has 0 saturated carbocycles. The maximum absolute atomic E-state index is 6.22. The molecule has 0 saturated heterocycles. The van der Waals surface area contributed by atoms with E-state index in [1.807, 2.05) is 30.3 Å². The van der Waals surface area contributed by atoms with Crippen LogP contribution in [0.2, 0.25) is 5.02 Å². The Kier molecular flexibility index (Phi) is 5.53. The summed E-state index contributed by atoms with van der Waals surface area (Å²) in [6.45, 7) is 0. The molecule has 0 fully saturated rings. The molecule has 2 nitrogen and oxygen atoms in total. The topological polar surface area (TPSA) is 12.5 Å². The van der Waals surface area contributed by atoms with Gasteiger partial charge in [0.1, 0.15) is 5.75 Å². The maximum Gasteiger partial charge on any atom is 0.128 e. The van der Waals surface area contributed by atoms with Crippen molar-refractivity contribution in [3.05, 3.63) is 120 Å². The van der Waals surface area contributed by atoms with Crippen molar-refractivity contribution in [2.75, 3.05) is 12.0 Å². The molecule has 0 bridgehead atoms. The van der Waals surface area contributed by atoms with Crippen LogP contribution < -0.4 is 9.64 Å². The van der Waals surface area contributed by atoms with Gasteiger partial charge >= 0.3 is 0 Å². The molecule has 3 heteroatoms. The third kappa shape index (κ3) is 3.70. The fourth-order valence-electron chi connectivity index (χ4n) is 4.18. The summed E-state index contributed by atoms with van der Waals surface area (Å²) in [5, 5.41) is 2.98. The van der Waals surface area contributed by atoms with E-state index in [1.54, 1.807) is 7.11 Å². The Hall–Kier alpha value is -3.75. The zero-order valence-electron chi connectivity index (χ0n) is 17.7. The van der Waals surface area contributed by atoms with E-state index in [-0.39, 0.29) is 0 Å². The van der Waals surface area contributed by atoms with Gasteiger partial charge in [0, 0.05) is 27.3 Å². The van der Waals surface area contributed by atoms with Crippen LogP contribution in [0.1, 0.15) is 0 Å². The molecule has 5 aromatic rings. The van der Waals surface area contributed by atoms with Crippen molar-refractivity contribution < 1.29 is 4.74 Å². The van der Waals surface area contributed by atoms with Crippen LogP contribution in [0.25, 0.3) is 21.9 Å². The fraction of sp³-hybridized carbons (Fsp3) is 0.0345. The molecule has 0 aromatic heterocycles. The number of hydrogen-bond acceptors (Lipinski definition) is 2. The van der Waals surface area contributed by atoms with Gasteiger partial charge < -0.3 is 9.64 Å². The molecule has 0 aliphatic rings. The number of rotatable bonds is 5. The van der Waals surface area contributed by atoms with Crippen LogP contribution in [0.4, 0.5) is 17.1 Å². The minimum absolute atomic E-state index is 0.658. The Bertz CT molecular complexity index is 1330. The number of hydrogen-bond donors (Lipinski definition) is 0. The standard InChI is InChI=1S/C29H22ClNO/c1-32-29-20-21(30)16-17-27(29)25-18-19-28(26-15-9-8-14-24(25)26)31(22-10-4-2-5-11-22)23-12-6-3-7-13-23/h2-20H,1H3. The highest BCUT2D eigenvalue weighted by Gasteiger charge is 2.18. The molecule has 0 heterocycles. The minimum atomic E-state index is 0.658. The quantitative estimate of drug-likeness (QED) is 0.274. The number of fused-ring (bicyclic) bond motifs is 1. The average Bonchev–Trinajstić information content (AvgIpc) is 2.86. The van der Waals surface area contributed by atoms with Crippen LogP contribution >= 0.6 is 11.6 Å². The number of para-hydroxylation sites is 2. The normalized spacial score (nSPS) is 10.8. The molecule has 0 aliphatic carbocycles. The Balaban J connectivity index is 1.77. The molecule has 5 aromatic carbocycles. The zero-order chi connectivity index (χ0) is 21.9. The van der Waals surface area contributed by atoms with E-state index in [9.17, 15) is 0 Å². The number of benzene rings is 5. The van der Waals surface area contributed by atoms with E-state index in [4.69, 9.17) is 16.3 Å². The van der Waals surface area contributed by atoms with Crippen molar-refractivity contribution in [1.82, 2.24) is 0 Å². The van der Waals surface area contributed by atoms with E-state index >= 15 is 0 Å². The molecular weight excluding hydrogens is 414 g/mol. The molecule has 0 aliphatic heterocycles.